The van der Waals surface area contributed by atoms with Crippen LogP contribution >= 0.6 is 0 Å². The highest BCUT2D eigenvalue weighted by atomic mass is 32.2. The smallest absolute Gasteiger partial charge is 0.229 e. The van der Waals surface area contributed by atoms with Gasteiger partial charge in [-0.05, 0) is 66.1 Å². The summed E-state index contributed by atoms with van der Waals surface area (Å²) in [6.07, 6.45) is 1.13. The molecule has 8 heteroatoms. The Morgan fingerprint density at radius 3 is 2.41 bits per heavy atom. The van der Waals surface area contributed by atoms with Crippen LogP contribution in [0.15, 0.2) is 78.9 Å². The quantitative estimate of drug-likeness (QED) is 0.349. The molecule has 0 radical (unpaired) electrons. The third-order valence-corrected chi connectivity index (χ3v) is 5.39. The molecule has 0 aliphatic rings. The van der Waals surface area contributed by atoms with Crippen molar-refractivity contribution in [2.75, 3.05) is 16.3 Å². The largest absolute Gasteiger partial charge is 0.489 e. The lowest BCUT2D eigenvalue weighted by molar-refractivity contribution is 0.306. The fourth-order valence-corrected chi connectivity index (χ4v) is 3.78. The zero-order valence-corrected chi connectivity index (χ0v) is 18.6. The van der Waals surface area contributed by atoms with Crippen molar-refractivity contribution in [2.24, 2.45) is 0 Å². The first-order valence-electron chi connectivity index (χ1n) is 10.0. The van der Waals surface area contributed by atoms with Crippen molar-refractivity contribution in [1.29, 1.82) is 0 Å². The van der Waals surface area contributed by atoms with E-state index in [2.05, 4.69) is 20.2 Å². The first-order chi connectivity index (χ1) is 15.4. The molecule has 4 aromatic rings. The van der Waals surface area contributed by atoms with Gasteiger partial charge in [-0.15, -0.1) is 0 Å². The van der Waals surface area contributed by atoms with Crippen molar-refractivity contribution >= 4 is 27.2 Å². The molecule has 0 aliphatic heterocycles. The molecule has 164 valence electrons. The van der Waals surface area contributed by atoms with Crippen LogP contribution in [0.4, 0.5) is 17.2 Å². The minimum atomic E-state index is -3.31. The molecule has 1 heterocycles. The third-order valence-electron chi connectivity index (χ3n) is 4.78. The summed E-state index contributed by atoms with van der Waals surface area (Å²) in [6, 6.07) is 25.1. The van der Waals surface area contributed by atoms with Crippen LogP contribution in [0.5, 0.6) is 5.75 Å². The molecule has 3 N–H and O–H groups in total. The average Bonchev–Trinajstić information content (AvgIpc) is 3.23. The predicted molar refractivity (Wildman–Crippen MR) is 128 cm³/mol. The number of aryl methyl sites for hydroxylation is 1. The Balaban J connectivity index is 1.40. The van der Waals surface area contributed by atoms with Crippen molar-refractivity contribution < 1.29 is 13.2 Å². The van der Waals surface area contributed by atoms with Gasteiger partial charge in [0.15, 0.2) is 5.82 Å². The van der Waals surface area contributed by atoms with Crippen molar-refractivity contribution in [1.82, 2.24) is 10.2 Å². The third kappa shape index (κ3) is 5.67. The molecule has 0 atom stereocenters. The van der Waals surface area contributed by atoms with E-state index in [1.165, 1.54) is 0 Å². The van der Waals surface area contributed by atoms with Crippen LogP contribution in [-0.4, -0.2) is 24.9 Å². The number of nitrogens with one attached hydrogen (secondary N) is 3. The Labute approximate surface area is 187 Å². The summed E-state index contributed by atoms with van der Waals surface area (Å²) in [5, 5.41) is 10.6. The van der Waals surface area contributed by atoms with Crippen molar-refractivity contribution in [2.45, 2.75) is 13.5 Å². The summed E-state index contributed by atoms with van der Waals surface area (Å²) in [6.45, 7) is 2.42. The first kappa shape index (κ1) is 21.5. The van der Waals surface area contributed by atoms with E-state index in [1.807, 2.05) is 73.7 Å². The maximum Gasteiger partial charge on any atom is 0.229 e. The van der Waals surface area contributed by atoms with Gasteiger partial charge in [0, 0.05) is 17.4 Å². The number of rotatable bonds is 8. The second kappa shape index (κ2) is 9.15. The van der Waals surface area contributed by atoms with Crippen LogP contribution in [0.3, 0.4) is 0 Å². The molecule has 4 rings (SSSR count). The number of benzene rings is 3. The van der Waals surface area contributed by atoms with E-state index in [1.54, 1.807) is 12.1 Å². The normalized spacial score (nSPS) is 11.2. The van der Waals surface area contributed by atoms with Crippen molar-refractivity contribution in [3.63, 3.8) is 0 Å². The van der Waals surface area contributed by atoms with Gasteiger partial charge in [-0.3, -0.25) is 9.82 Å². The molecule has 1 aromatic heterocycles. The monoisotopic (exact) mass is 448 g/mol. The molecular weight excluding hydrogens is 424 g/mol. The number of anilines is 3. The van der Waals surface area contributed by atoms with E-state index < -0.39 is 10.0 Å². The van der Waals surface area contributed by atoms with Gasteiger partial charge in [0.05, 0.1) is 11.9 Å². The minimum absolute atomic E-state index is 0.521. The first-order valence-corrected chi connectivity index (χ1v) is 11.9. The van der Waals surface area contributed by atoms with E-state index in [0.717, 1.165) is 40.1 Å². The minimum Gasteiger partial charge on any atom is -0.489 e. The van der Waals surface area contributed by atoms with Gasteiger partial charge < -0.3 is 10.1 Å². The average molecular weight is 449 g/mol. The van der Waals surface area contributed by atoms with E-state index in [0.29, 0.717) is 18.1 Å². The topological polar surface area (TPSA) is 96.1 Å². The highest BCUT2D eigenvalue weighted by Gasteiger charge is 2.08. The van der Waals surface area contributed by atoms with Crippen molar-refractivity contribution in [3.8, 4) is 17.0 Å². The lowest BCUT2D eigenvalue weighted by Crippen LogP contribution is -2.09. The Bertz CT molecular complexity index is 1300. The fourth-order valence-electron chi connectivity index (χ4n) is 3.22. The number of aromatic nitrogens is 2. The van der Waals surface area contributed by atoms with Crippen molar-refractivity contribution in [3.05, 3.63) is 90.0 Å². The molecule has 0 saturated heterocycles. The Hall–Kier alpha value is -3.78. The standard InChI is InChI=1S/C24H24N4O3S/c1-17-14-20(28-32(2,29)30)10-13-22(17)25-24-15-23(26-27-24)19-8-11-21(12-9-19)31-16-18-6-4-3-5-7-18/h3-15,28H,16H2,1-2H3,(H2,25,26,27). The van der Waals surface area contributed by atoms with E-state index in [4.69, 9.17) is 4.74 Å². The summed E-state index contributed by atoms with van der Waals surface area (Å²) in [5.41, 5.74) is 5.23. The molecule has 0 spiro atoms. The van der Waals surface area contributed by atoms with Gasteiger partial charge in [0.25, 0.3) is 0 Å². The van der Waals surface area contributed by atoms with Crippen LogP contribution in [-0.2, 0) is 16.6 Å². The molecular formula is C24H24N4O3S. The molecule has 32 heavy (non-hydrogen) atoms. The fraction of sp³-hybridized carbons (Fsp3) is 0.125. The number of ether oxygens (including phenoxy) is 1. The molecule has 0 fully saturated rings. The van der Waals surface area contributed by atoms with Gasteiger partial charge in [-0.25, -0.2) is 8.42 Å². The number of hydrogen-bond acceptors (Lipinski definition) is 5. The van der Waals surface area contributed by atoms with Crippen LogP contribution in [0.2, 0.25) is 0 Å². The summed E-state index contributed by atoms with van der Waals surface area (Å²) < 4.78 is 31.1. The lowest BCUT2D eigenvalue weighted by atomic mass is 10.1. The zero-order chi connectivity index (χ0) is 22.6. The number of aromatic amines is 1. The van der Waals surface area contributed by atoms with Crippen LogP contribution in [0.25, 0.3) is 11.3 Å². The van der Waals surface area contributed by atoms with Crippen LogP contribution < -0.4 is 14.8 Å². The molecule has 0 unspecified atom stereocenters. The summed E-state index contributed by atoms with van der Waals surface area (Å²) in [4.78, 5) is 0. The Kier molecular flexibility index (Phi) is 6.13. The lowest BCUT2D eigenvalue weighted by Gasteiger charge is -2.10. The number of hydrogen-bond donors (Lipinski definition) is 3. The molecule has 0 bridgehead atoms. The van der Waals surface area contributed by atoms with E-state index >= 15 is 0 Å². The molecule has 7 nitrogen and oxygen atoms in total. The highest BCUT2D eigenvalue weighted by molar-refractivity contribution is 7.92. The van der Waals surface area contributed by atoms with Gasteiger partial charge in [-0.1, -0.05) is 30.3 Å². The molecule has 0 aliphatic carbocycles. The number of nitrogens with zero attached hydrogens (tertiary/aromatic N) is 1. The Morgan fingerprint density at radius 2 is 1.72 bits per heavy atom. The highest BCUT2D eigenvalue weighted by Crippen LogP contribution is 2.27. The van der Waals surface area contributed by atoms with Gasteiger partial charge in [0.1, 0.15) is 12.4 Å². The summed E-state index contributed by atoms with van der Waals surface area (Å²) in [5.74, 6) is 1.46. The summed E-state index contributed by atoms with van der Waals surface area (Å²) >= 11 is 0. The van der Waals surface area contributed by atoms with Gasteiger partial charge in [-0.2, -0.15) is 5.10 Å². The van der Waals surface area contributed by atoms with Crippen LogP contribution in [0.1, 0.15) is 11.1 Å². The Morgan fingerprint density at radius 1 is 0.969 bits per heavy atom. The van der Waals surface area contributed by atoms with E-state index in [-0.39, 0.29) is 0 Å². The number of sulfonamides is 1. The second-order valence-electron chi connectivity index (χ2n) is 7.49. The molecule has 0 saturated carbocycles. The van der Waals surface area contributed by atoms with Crippen LogP contribution in [0, 0.1) is 6.92 Å². The maximum absolute atomic E-state index is 11.4. The molecule has 0 amide bonds. The predicted octanol–water partition coefficient (Wildman–Crippen LogP) is 5.08. The zero-order valence-electron chi connectivity index (χ0n) is 17.8. The van der Waals surface area contributed by atoms with Gasteiger partial charge in [0.2, 0.25) is 10.0 Å². The SMILES string of the molecule is Cc1cc(NS(C)(=O)=O)ccc1Nc1cc(-c2ccc(OCc3ccccc3)cc2)[nH]n1. The molecule has 3 aromatic carbocycles. The summed E-state index contributed by atoms with van der Waals surface area (Å²) in [7, 11) is -3.31. The second-order valence-corrected chi connectivity index (χ2v) is 9.24. The van der Waals surface area contributed by atoms with Gasteiger partial charge >= 0.3 is 0 Å². The number of H-pyrrole nitrogens is 1. The maximum atomic E-state index is 11.4. The van der Waals surface area contributed by atoms with E-state index in [9.17, 15) is 8.42 Å².